The molecule has 4 aromatic rings. The van der Waals surface area contributed by atoms with Gasteiger partial charge in [0.1, 0.15) is 0 Å². The molecule has 142 valence electrons. The first-order valence-corrected chi connectivity index (χ1v) is 10.2. The number of benzene rings is 2. The summed E-state index contributed by atoms with van der Waals surface area (Å²) in [5.41, 5.74) is 11.6. The molecule has 0 saturated carbocycles. The van der Waals surface area contributed by atoms with Gasteiger partial charge in [-0.3, -0.25) is 14.8 Å². The predicted octanol–water partition coefficient (Wildman–Crippen LogP) is 3.22. The van der Waals surface area contributed by atoms with E-state index in [1.54, 1.807) is 16.0 Å². The largest absolute Gasteiger partial charge is 0.399 e. The smallest absolute Gasteiger partial charge is 0.275 e. The Morgan fingerprint density at radius 2 is 2.14 bits per heavy atom. The first kappa shape index (κ1) is 17.2. The molecule has 2 aromatic carbocycles. The molecule has 0 saturated heterocycles. The van der Waals surface area contributed by atoms with Crippen LogP contribution < -0.4 is 11.3 Å². The van der Waals surface area contributed by atoms with E-state index in [-0.39, 0.29) is 5.56 Å². The lowest BCUT2D eigenvalue weighted by atomic mass is 10.1. The minimum absolute atomic E-state index is 0.0351. The predicted molar refractivity (Wildman–Crippen MR) is 113 cm³/mol. The van der Waals surface area contributed by atoms with Crippen LogP contribution in [0.15, 0.2) is 47.3 Å². The van der Waals surface area contributed by atoms with Crippen molar-refractivity contribution >= 4 is 27.2 Å². The number of nitrogens with two attached hydrogens (primary N) is 1. The Kier molecular flexibility index (Phi) is 4.07. The lowest BCUT2D eigenvalue weighted by Gasteiger charge is -2.25. The summed E-state index contributed by atoms with van der Waals surface area (Å²) in [5.74, 6) is 0. The van der Waals surface area contributed by atoms with E-state index >= 15 is 0 Å². The topological polar surface area (TPSA) is 79.9 Å². The molecule has 3 heterocycles. The van der Waals surface area contributed by atoms with E-state index in [9.17, 15) is 4.79 Å². The van der Waals surface area contributed by atoms with Gasteiger partial charge in [0.15, 0.2) is 0 Å². The van der Waals surface area contributed by atoms with Gasteiger partial charge in [0.25, 0.3) is 5.56 Å². The zero-order valence-corrected chi connectivity index (χ0v) is 16.4. The molecule has 3 N–H and O–H groups in total. The second-order valence-corrected chi connectivity index (χ2v) is 8.53. The highest BCUT2D eigenvalue weighted by Gasteiger charge is 2.23. The van der Waals surface area contributed by atoms with Crippen LogP contribution in [0.25, 0.3) is 15.9 Å². The summed E-state index contributed by atoms with van der Waals surface area (Å²) in [5, 5.41) is 4.36. The van der Waals surface area contributed by atoms with Gasteiger partial charge in [-0.1, -0.05) is 12.1 Å². The Morgan fingerprint density at radius 1 is 1.25 bits per heavy atom. The Labute approximate surface area is 166 Å². The van der Waals surface area contributed by atoms with Crippen LogP contribution in [0.2, 0.25) is 0 Å². The fraction of sp³-hybridized carbons (Fsp3) is 0.238. The number of aromatic amines is 1. The zero-order valence-electron chi connectivity index (χ0n) is 15.6. The summed E-state index contributed by atoms with van der Waals surface area (Å²) in [4.78, 5) is 19.9. The number of rotatable bonds is 3. The Hall–Kier alpha value is -2.90. The number of nitrogens with zero attached hydrogens (tertiary/aromatic N) is 3. The summed E-state index contributed by atoms with van der Waals surface area (Å²) >= 11 is 1.65. The molecule has 28 heavy (non-hydrogen) atoms. The summed E-state index contributed by atoms with van der Waals surface area (Å²) in [6.07, 6.45) is 0.835. The van der Waals surface area contributed by atoms with Crippen LogP contribution in [0.3, 0.4) is 0 Å². The third-order valence-electron chi connectivity index (χ3n) is 5.23. The second kappa shape index (κ2) is 6.61. The van der Waals surface area contributed by atoms with Gasteiger partial charge in [-0.25, -0.2) is 9.67 Å². The highest BCUT2D eigenvalue weighted by molar-refractivity contribution is 7.18. The van der Waals surface area contributed by atoms with E-state index in [4.69, 9.17) is 5.73 Å². The van der Waals surface area contributed by atoms with Gasteiger partial charge >= 0.3 is 0 Å². The summed E-state index contributed by atoms with van der Waals surface area (Å²) in [6, 6.07) is 13.9. The van der Waals surface area contributed by atoms with E-state index in [0.29, 0.717) is 6.54 Å². The zero-order chi connectivity index (χ0) is 19.3. The maximum atomic E-state index is 13.1. The van der Waals surface area contributed by atoms with Crippen molar-refractivity contribution in [3.8, 4) is 5.69 Å². The van der Waals surface area contributed by atoms with Gasteiger partial charge < -0.3 is 5.73 Å². The van der Waals surface area contributed by atoms with Gasteiger partial charge in [-0.05, 0) is 42.8 Å². The van der Waals surface area contributed by atoms with E-state index in [1.165, 1.54) is 5.56 Å². The first-order valence-electron chi connectivity index (χ1n) is 9.34. The van der Waals surface area contributed by atoms with E-state index < -0.39 is 0 Å². The molecule has 6 nitrogen and oxygen atoms in total. The van der Waals surface area contributed by atoms with Crippen LogP contribution in [0.5, 0.6) is 0 Å². The van der Waals surface area contributed by atoms with Gasteiger partial charge in [0, 0.05) is 37.4 Å². The molecule has 5 rings (SSSR count). The number of fused-ring (bicyclic) bond motifs is 2. The van der Waals surface area contributed by atoms with Gasteiger partial charge in [-0.15, -0.1) is 11.3 Å². The standard InChI is InChI=1S/C21H21N5OS/c1-13-23-19-6-5-16(10-20(19)28-13)26-21(27)17-12-25(8-7-18(17)24-26)11-14-3-2-4-15(22)9-14/h2-6,9-10,24H,7-8,11-12,22H2,1H3. The molecular weight excluding hydrogens is 370 g/mol. The molecule has 1 aliphatic heterocycles. The van der Waals surface area contributed by atoms with Gasteiger partial charge in [-0.2, -0.15) is 0 Å². The van der Waals surface area contributed by atoms with Crippen LogP contribution in [0, 0.1) is 6.92 Å². The maximum Gasteiger partial charge on any atom is 0.275 e. The molecule has 0 radical (unpaired) electrons. The lowest BCUT2D eigenvalue weighted by Crippen LogP contribution is -2.32. The van der Waals surface area contributed by atoms with Crippen LogP contribution in [0.1, 0.15) is 21.8 Å². The minimum atomic E-state index is 0.0351. The van der Waals surface area contributed by atoms with Crippen LogP contribution in [0.4, 0.5) is 5.69 Å². The SMILES string of the molecule is Cc1nc2ccc(-n3[nH]c4c(c3=O)CN(Cc3cccc(N)c3)CC4)cc2s1. The molecule has 0 bridgehead atoms. The van der Waals surface area contributed by atoms with Gasteiger partial charge in [0.2, 0.25) is 0 Å². The third kappa shape index (κ3) is 3.02. The van der Waals surface area contributed by atoms with Crippen molar-refractivity contribution < 1.29 is 0 Å². The monoisotopic (exact) mass is 391 g/mol. The molecule has 7 heteroatoms. The molecule has 0 amide bonds. The Bertz CT molecular complexity index is 1240. The Balaban J connectivity index is 1.45. The second-order valence-electron chi connectivity index (χ2n) is 7.30. The minimum Gasteiger partial charge on any atom is -0.399 e. The van der Waals surface area contributed by atoms with Crippen LogP contribution in [-0.2, 0) is 19.5 Å². The molecule has 0 unspecified atom stereocenters. The maximum absolute atomic E-state index is 13.1. The number of anilines is 1. The molecular formula is C21H21N5OS. The van der Waals surface area contributed by atoms with Crippen molar-refractivity contribution in [3.05, 3.63) is 74.6 Å². The molecule has 1 aliphatic rings. The number of thiazole rings is 1. The number of nitrogen functional groups attached to an aromatic ring is 1. The average molecular weight is 392 g/mol. The van der Waals surface area contributed by atoms with E-state index in [1.807, 2.05) is 43.3 Å². The summed E-state index contributed by atoms with van der Waals surface area (Å²) in [7, 11) is 0. The summed E-state index contributed by atoms with van der Waals surface area (Å²) in [6.45, 7) is 4.35. The molecule has 0 aliphatic carbocycles. The Morgan fingerprint density at radius 3 is 3.00 bits per heavy atom. The van der Waals surface area contributed by atoms with E-state index in [2.05, 4.69) is 21.0 Å². The first-order chi connectivity index (χ1) is 13.6. The van der Waals surface area contributed by atoms with Crippen molar-refractivity contribution in [2.45, 2.75) is 26.4 Å². The van der Waals surface area contributed by atoms with E-state index in [0.717, 1.165) is 57.4 Å². The summed E-state index contributed by atoms with van der Waals surface area (Å²) < 4.78 is 2.76. The van der Waals surface area contributed by atoms with Crippen molar-refractivity contribution in [2.75, 3.05) is 12.3 Å². The molecule has 0 spiro atoms. The fourth-order valence-electron chi connectivity index (χ4n) is 3.89. The normalized spacial score (nSPS) is 14.5. The van der Waals surface area contributed by atoms with Crippen molar-refractivity contribution in [1.29, 1.82) is 0 Å². The highest BCUT2D eigenvalue weighted by atomic mass is 32.1. The van der Waals surface area contributed by atoms with Crippen molar-refractivity contribution in [1.82, 2.24) is 19.7 Å². The number of H-pyrrole nitrogens is 1. The number of nitrogens with one attached hydrogen (secondary N) is 1. The highest BCUT2D eigenvalue weighted by Crippen LogP contribution is 2.24. The number of hydrogen-bond donors (Lipinski definition) is 2. The van der Waals surface area contributed by atoms with Crippen LogP contribution >= 0.6 is 11.3 Å². The quantitative estimate of drug-likeness (QED) is 0.526. The molecule has 0 fully saturated rings. The third-order valence-corrected chi connectivity index (χ3v) is 6.16. The van der Waals surface area contributed by atoms with Crippen molar-refractivity contribution in [3.63, 3.8) is 0 Å². The molecule has 2 aromatic heterocycles. The molecule has 0 atom stereocenters. The fourth-order valence-corrected chi connectivity index (χ4v) is 4.75. The number of aromatic nitrogens is 3. The van der Waals surface area contributed by atoms with Crippen LogP contribution in [-0.4, -0.2) is 26.2 Å². The van der Waals surface area contributed by atoms with Crippen molar-refractivity contribution in [2.24, 2.45) is 0 Å². The van der Waals surface area contributed by atoms with Gasteiger partial charge in [0.05, 0.1) is 26.5 Å². The number of aryl methyl sites for hydroxylation is 1. The lowest BCUT2D eigenvalue weighted by molar-refractivity contribution is 0.244. The average Bonchev–Trinajstić information content (AvgIpc) is 3.20. The number of hydrogen-bond acceptors (Lipinski definition) is 5.